The first-order valence-corrected chi connectivity index (χ1v) is 3.66. The number of rotatable bonds is 4. The molecule has 0 aliphatic rings. The van der Waals surface area contributed by atoms with Gasteiger partial charge in [0.25, 0.3) is 0 Å². The zero-order valence-corrected chi connectivity index (χ0v) is 6.21. The molecule has 0 N–H and O–H groups in total. The molecule has 47 valence electrons. The Hall–Kier alpha value is -0.0400. The minimum absolute atomic E-state index is 1.16. The second-order valence-corrected chi connectivity index (χ2v) is 2.14. The Morgan fingerprint density at radius 3 is 2.62 bits per heavy atom. The lowest BCUT2D eigenvalue weighted by Crippen LogP contribution is -1.68. The van der Waals surface area contributed by atoms with Gasteiger partial charge in [0.05, 0.1) is 0 Å². The van der Waals surface area contributed by atoms with Crippen molar-refractivity contribution in [3.05, 3.63) is 11.5 Å². The highest BCUT2D eigenvalue weighted by Gasteiger charge is 1.78. The maximum Gasteiger partial charge on any atom is -0.00265 e. The second kappa shape index (κ2) is 6.96. The number of allylic oxidation sites excluding steroid dienone is 1. The number of hydrogen-bond acceptors (Lipinski definition) is 0. The summed E-state index contributed by atoms with van der Waals surface area (Å²) in [6, 6.07) is 0. The highest BCUT2D eigenvalue weighted by molar-refractivity contribution is 7.83. The fraction of sp³-hybridized carbons (Fsp3) is 0.714. The third-order valence-electron chi connectivity index (χ3n) is 1.07. The van der Waals surface area contributed by atoms with Crippen molar-refractivity contribution in [1.29, 1.82) is 0 Å². The van der Waals surface area contributed by atoms with Crippen LogP contribution < -0.4 is 0 Å². The summed E-state index contributed by atoms with van der Waals surface area (Å²) in [6.07, 6.45) is 7.14. The first kappa shape index (κ1) is 7.96. The molecule has 0 rings (SSSR count). The van der Waals surface area contributed by atoms with Gasteiger partial charge >= 0.3 is 0 Å². The van der Waals surface area contributed by atoms with Gasteiger partial charge in [-0.1, -0.05) is 38.5 Å². The number of unbranched alkanes of at least 4 members (excludes halogenated alkanes) is 3. The molecule has 0 atom stereocenters. The van der Waals surface area contributed by atoms with Crippen LogP contribution >= 0.6 is 12.6 Å². The lowest BCUT2D eigenvalue weighted by Gasteiger charge is -1.88. The van der Waals surface area contributed by atoms with Crippen molar-refractivity contribution in [2.45, 2.75) is 32.6 Å². The molecule has 0 aromatic rings. The molecule has 0 aromatic heterocycles. The fourth-order valence-electron chi connectivity index (χ4n) is 0.580. The second-order valence-electron chi connectivity index (χ2n) is 1.87. The maximum absolute atomic E-state index is 4.62. The van der Waals surface area contributed by atoms with Crippen LogP contribution in [0.3, 0.4) is 0 Å². The van der Waals surface area contributed by atoms with Crippen LogP contribution in [0.5, 0.6) is 0 Å². The SMILES string of the molecule is CCCCC/C=C/[S]. The van der Waals surface area contributed by atoms with Crippen molar-refractivity contribution < 1.29 is 0 Å². The third kappa shape index (κ3) is 5.96. The van der Waals surface area contributed by atoms with Gasteiger partial charge in [-0.05, 0) is 18.2 Å². The Morgan fingerprint density at radius 1 is 1.38 bits per heavy atom. The number of hydrogen-bond donors (Lipinski definition) is 0. The minimum Gasteiger partial charge on any atom is -0.0891 e. The summed E-state index contributed by atoms with van der Waals surface area (Å²) >= 11 is 4.62. The molecule has 0 amide bonds. The van der Waals surface area contributed by atoms with E-state index in [1.807, 2.05) is 6.08 Å². The molecule has 0 fully saturated rings. The van der Waals surface area contributed by atoms with Crippen LogP contribution in [0.4, 0.5) is 0 Å². The summed E-state index contributed by atoms with van der Waals surface area (Å²) in [5.41, 5.74) is 0. The lowest BCUT2D eigenvalue weighted by atomic mass is 10.2. The van der Waals surface area contributed by atoms with E-state index in [1.54, 1.807) is 5.41 Å². The molecule has 8 heavy (non-hydrogen) atoms. The highest BCUT2D eigenvalue weighted by atomic mass is 32.1. The van der Waals surface area contributed by atoms with Gasteiger partial charge in [0.2, 0.25) is 0 Å². The minimum atomic E-state index is 1.16. The van der Waals surface area contributed by atoms with Crippen molar-refractivity contribution in [1.82, 2.24) is 0 Å². The van der Waals surface area contributed by atoms with Crippen molar-refractivity contribution in [2.75, 3.05) is 0 Å². The monoisotopic (exact) mass is 129 g/mol. The molecule has 0 spiro atoms. The van der Waals surface area contributed by atoms with E-state index in [-0.39, 0.29) is 0 Å². The molecule has 1 radical (unpaired) electrons. The molecule has 1 heteroatoms. The first-order valence-electron chi connectivity index (χ1n) is 3.18. The average Bonchev–Trinajstić information content (AvgIpc) is 1.81. The Kier molecular flexibility index (Phi) is 6.93. The van der Waals surface area contributed by atoms with Gasteiger partial charge < -0.3 is 0 Å². The Bertz CT molecular complexity index is 57.4. The molecule has 0 aliphatic heterocycles. The van der Waals surface area contributed by atoms with Crippen LogP contribution in [0.1, 0.15) is 32.6 Å². The molecule has 0 saturated carbocycles. The van der Waals surface area contributed by atoms with Crippen molar-refractivity contribution >= 4 is 12.6 Å². The van der Waals surface area contributed by atoms with Crippen molar-refractivity contribution in [3.8, 4) is 0 Å². The van der Waals surface area contributed by atoms with E-state index in [0.29, 0.717) is 0 Å². The Morgan fingerprint density at radius 2 is 2.12 bits per heavy atom. The lowest BCUT2D eigenvalue weighted by molar-refractivity contribution is 0.729. The molecule has 0 unspecified atom stereocenters. The van der Waals surface area contributed by atoms with Crippen molar-refractivity contribution in [3.63, 3.8) is 0 Å². The topological polar surface area (TPSA) is 0 Å². The molecular formula is C7H13S. The molecule has 0 heterocycles. The Labute approximate surface area is 57.4 Å². The summed E-state index contributed by atoms with van der Waals surface area (Å²) in [5.74, 6) is 0. The maximum atomic E-state index is 4.62. The molecular weight excluding hydrogens is 116 g/mol. The van der Waals surface area contributed by atoms with E-state index >= 15 is 0 Å². The molecule has 0 bridgehead atoms. The highest BCUT2D eigenvalue weighted by Crippen LogP contribution is 1.99. The van der Waals surface area contributed by atoms with E-state index < -0.39 is 0 Å². The predicted molar refractivity (Wildman–Crippen MR) is 40.9 cm³/mol. The van der Waals surface area contributed by atoms with Crippen LogP contribution in [0.25, 0.3) is 0 Å². The van der Waals surface area contributed by atoms with E-state index in [9.17, 15) is 0 Å². The molecule has 0 saturated heterocycles. The van der Waals surface area contributed by atoms with Crippen LogP contribution in [0, 0.1) is 0 Å². The largest absolute Gasteiger partial charge is 0.0891 e. The summed E-state index contributed by atoms with van der Waals surface area (Å²) in [4.78, 5) is 0. The summed E-state index contributed by atoms with van der Waals surface area (Å²) < 4.78 is 0. The third-order valence-corrected chi connectivity index (χ3v) is 1.26. The molecule has 0 aromatic carbocycles. The van der Waals surface area contributed by atoms with Gasteiger partial charge in [-0.15, -0.1) is 0 Å². The van der Waals surface area contributed by atoms with Crippen LogP contribution in [0.2, 0.25) is 0 Å². The van der Waals surface area contributed by atoms with Crippen LogP contribution in [-0.2, 0) is 0 Å². The fourth-order valence-corrected chi connectivity index (χ4v) is 0.716. The van der Waals surface area contributed by atoms with Gasteiger partial charge in [-0.25, -0.2) is 0 Å². The molecule has 0 aliphatic carbocycles. The predicted octanol–water partition coefficient (Wildman–Crippen LogP) is 3.28. The van der Waals surface area contributed by atoms with Gasteiger partial charge in [-0.2, -0.15) is 0 Å². The average molecular weight is 129 g/mol. The van der Waals surface area contributed by atoms with E-state index in [0.717, 1.165) is 6.42 Å². The normalized spacial score (nSPS) is 10.6. The van der Waals surface area contributed by atoms with Gasteiger partial charge in [0.1, 0.15) is 0 Å². The first-order chi connectivity index (χ1) is 3.91. The standard InChI is InChI=1S/C7H13S/c1-2-3-4-5-6-7-8/h6-7H,2-5H2,1H3/b7-6+. The molecule has 0 nitrogen and oxygen atoms in total. The quantitative estimate of drug-likeness (QED) is 0.511. The summed E-state index contributed by atoms with van der Waals surface area (Å²) in [5, 5.41) is 1.70. The van der Waals surface area contributed by atoms with Gasteiger partial charge in [-0.3, -0.25) is 0 Å². The van der Waals surface area contributed by atoms with Crippen LogP contribution in [-0.4, -0.2) is 0 Å². The zero-order chi connectivity index (χ0) is 6.24. The van der Waals surface area contributed by atoms with Gasteiger partial charge in [0.15, 0.2) is 0 Å². The van der Waals surface area contributed by atoms with E-state index in [2.05, 4.69) is 19.6 Å². The van der Waals surface area contributed by atoms with Crippen LogP contribution in [0.15, 0.2) is 11.5 Å². The Balaban J connectivity index is 2.72. The van der Waals surface area contributed by atoms with E-state index in [1.165, 1.54) is 19.3 Å². The summed E-state index contributed by atoms with van der Waals surface area (Å²) in [6.45, 7) is 2.21. The zero-order valence-electron chi connectivity index (χ0n) is 5.39. The van der Waals surface area contributed by atoms with Crippen molar-refractivity contribution in [2.24, 2.45) is 0 Å². The van der Waals surface area contributed by atoms with Gasteiger partial charge in [0, 0.05) is 0 Å². The van der Waals surface area contributed by atoms with E-state index in [4.69, 9.17) is 0 Å². The summed E-state index contributed by atoms with van der Waals surface area (Å²) in [7, 11) is 0. The smallest absolute Gasteiger partial charge is 0.00265 e.